The maximum Gasteiger partial charge on any atom is 0.237 e. The van der Waals surface area contributed by atoms with Gasteiger partial charge in [-0.05, 0) is 12.5 Å². The monoisotopic (exact) mass is 280 g/mol. The number of alkyl halides is 1. The zero-order valence-electron chi connectivity index (χ0n) is 9.06. The molecule has 0 bridgehead atoms. The van der Waals surface area contributed by atoms with E-state index in [0.29, 0.717) is 6.54 Å². The number of benzene rings is 1. The van der Waals surface area contributed by atoms with Crippen LogP contribution in [-0.4, -0.2) is 22.2 Å². The van der Waals surface area contributed by atoms with Crippen molar-refractivity contribution >= 4 is 21.8 Å². The van der Waals surface area contributed by atoms with E-state index < -0.39 is 0 Å². The van der Waals surface area contributed by atoms with Crippen LogP contribution in [0, 0.1) is 11.3 Å². The van der Waals surface area contributed by atoms with Gasteiger partial charge < -0.3 is 4.90 Å². The lowest BCUT2D eigenvalue weighted by atomic mass is 10.2. The topological polar surface area (TPSA) is 44.1 Å². The number of carbonyl (C=O) groups is 1. The smallest absolute Gasteiger partial charge is 0.237 e. The molecule has 0 aliphatic heterocycles. The van der Waals surface area contributed by atoms with Crippen molar-refractivity contribution in [3.63, 3.8) is 0 Å². The van der Waals surface area contributed by atoms with Crippen LogP contribution in [-0.2, 0) is 11.3 Å². The van der Waals surface area contributed by atoms with Crippen molar-refractivity contribution in [2.75, 3.05) is 6.54 Å². The summed E-state index contributed by atoms with van der Waals surface area (Å²) < 4.78 is 0. The SMILES string of the molecule is CC(Br)C(=O)N(CC#N)Cc1ccccc1. The fourth-order valence-corrected chi connectivity index (χ4v) is 1.64. The van der Waals surface area contributed by atoms with Crippen molar-refractivity contribution in [2.45, 2.75) is 18.3 Å². The molecule has 0 heterocycles. The van der Waals surface area contributed by atoms with Gasteiger partial charge in [-0.3, -0.25) is 4.79 Å². The van der Waals surface area contributed by atoms with E-state index in [9.17, 15) is 4.79 Å². The van der Waals surface area contributed by atoms with E-state index in [4.69, 9.17) is 5.26 Å². The molecular weight excluding hydrogens is 268 g/mol. The molecule has 3 nitrogen and oxygen atoms in total. The molecule has 1 aromatic rings. The Bertz CT molecular complexity index is 384. The van der Waals surface area contributed by atoms with E-state index in [-0.39, 0.29) is 17.3 Å². The second-order valence-corrected chi connectivity index (χ2v) is 4.83. The molecular formula is C12H13BrN2O. The van der Waals surface area contributed by atoms with Crippen LogP contribution < -0.4 is 0 Å². The van der Waals surface area contributed by atoms with E-state index >= 15 is 0 Å². The number of carbonyl (C=O) groups excluding carboxylic acids is 1. The molecule has 0 saturated heterocycles. The molecule has 0 aromatic heterocycles. The summed E-state index contributed by atoms with van der Waals surface area (Å²) in [6.45, 7) is 2.35. The maximum atomic E-state index is 11.8. The van der Waals surface area contributed by atoms with Crippen LogP contribution in [0.25, 0.3) is 0 Å². The summed E-state index contributed by atoms with van der Waals surface area (Å²) >= 11 is 3.22. The average molecular weight is 281 g/mol. The Morgan fingerprint density at radius 1 is 1.50 bits per heavy atom. The summed E-state index contributed by atoms with van der Waals surface area (Å²) in [4.78, 5) is 13.0. The highest BCUT2D eigenvalue weighted by atomic mass is 79.9. The average Bonchev–Trinajstić information content (AvgIpc) is 2.29. The highest BCUT2D eigenvalue weighted by molar-refractivity contribution is 9.10. The quantitative estimate of drug-likeness (QED) is 0.628. The third-order valence-electron chi connectivity index (χ3n) is 2.13. The van der Waals surface area contributed by atoms with Crippen LogP contribution >= 0.6 is 15.9 Å². The van der Waals surface area contributed by atoms with Gasteiger partial charge in [-0.2, -0.15) is 5.26 Å². The van der Waals surface area contributed by atoms with E-state index in [1.54, 1.807) is 6.92 Å². The molecule has 0 aliphatic rings. The number of rotatable bonds is 4. The summed E-state index contributed by atoms with van der Waals surface area (Å²) in [5.74, 6) is -0.0644. The third kappa shape index (κ3) is 3.67. The fourth-order valence-electron chi connectivity index (χ4n) is 1.35. The molecule has 84 valence electrons. The van der Waals surface area contributed by atoms with Crippen LogP contribution in [0.3, 0.4) is 0 Å². The fraction of sp³-hybridized carbons (Fsp3) is 0.333. The minimum absolute atomic E-state index is 0.0644. The van der Waals surface area contributed by atoms with Crippen LogP contribution in [0.5, 0.6) is 0 Å². The molecule has 4 heteroatoms. The zero-order chi connectivity index (χ0) is 12.0. The molecule has 1 rings (SSSR count). The van der Waals surface area contributed by atoms with Gasteiger partial charge in [-0.1, -0.05) is 46.3 Å². The first-order valence-corrected chi connectivity index (χ1v) is 5.90. The van der Waals surface area contributed by atoms with Crippen LogP contribution in [0.15, 0.2) is 30.3 Å². The van der Waals surface area contributed by atoms with Gasteiger partial charge >= 0.3 is 0 Å². The van der Waals surface area contributed by atoms with Gasteiger partial charge in [-0.25, -0.2) is 0 Å². The van der Waals surface area contributed by atoms with Crippen molar-refractivity contribution in [3.05, 3.63) is 35.9 Å². The Labute approximate surface area is 104 Å². The maximum absolute atomic E-state index is 11.8. The number of amides is 1. The Hall–Kier alpha value is -1.34. The van der Waals surface area contributed by atoms with Crippen LogP contribution in [0.1, 0.15) is 12.5 Å². The standard InChI is InChI=1S/C12H13BrN2O/c1-10(13)12(16)15(8-7-14)9-11-5-3-2-4-6-11/h2-6,10H,8-9H2,1H3. The van der Waals surface area contributed by atoms with Gasteiger partial charge in [0.25, 0.3) is 0 Å². The zero-order valence-corrected chi connectivity index (χ0v) is 10.6. The predicted octanol–water partition coefficient (Wildman–Crippen LogP) is 2.32. The molecule has 0 fully saturated rings. The van der Waals surface area contributed by atoms with Gasteiger partial charge in [0, 0.05) is 6.54 Å². The minimum Gasteiger partial charge on any atom is -0.324 e. The highest BCUT2D eigenvalue weighted by Crippen LogP contribution is 2.09. The van der Waals surface area contributed by atoms with E-state index in [2.05, 4.69) is 15.9 Å². The molecule has 0 N–H and O–H groups in total. The lowest BCUT2D eigenvalue weighted by Crippen LogP contribution is -2.35. The molecule has 1 atom stereocenters. The van der Waals surface area contributed by atoms with Gasteiger partial charge in [0.15, 0.2) is 0 Å². The van der Waals surface area contributed by atoms with Gasteiger partial charge in [0.05, 0.1) is 10.9 Å². The summed E-state index contributed by atoms with van der Waals surface area (Å²) in [5.41, 5.74) is 1.03. The molecule has 1 amide bonds. The number of hydrogen-bond donors (Lipinski definition) is 0. The Kier molecular flexibility index (Phi) is 5.00. The third-order valence-corrected chi connectivity index (χ3v) is 2.52. The Balaban J connectivity index is 2.73. The van der Waals surface area contributed by atoms with Gasteiger partial charge in [0.2, 0.25) is 5.91 Å². The molecule has 0 radical (unpaired) electrons. The second-order valence-electron chi connectivity index (χ2n) is 3.45. The molecule has 0 saturated carbocycles. The number of nitriles is 1. The van der Waals surface area contributed by atoms with E-state index in [1.807, 2.05) is 36.4 Å². The molecule has 1 unspecified atom stereocenters. The Morgan fingerprint density at radius 2 is 2.12 bits per heavy atom. The molecule has 16 heavy (non-hydrogen) atoms. The number of hydrogen-bond acceptors (Lipinski definition) is 2. The van der Waals surface area contributed by atoms with Crippen molar-refractivity contribution in [1.29, 1.82) is 5.26 Å². The van der Waals surface area contributed by atoms with Gasteiger partial charge in [0.1, 0.15) is 6.54 Å². The van der Waals surface area contributed by atoms with Crippen molar-refractivity contribution in [1.82, 2.24) is 4.90 Å². The summed E-state index contributed by atoms with van der Waals surface area (Å²) in [5, 5.41) is 8.69. The first-order chi connectivity index (χ1) is 7.65. The number of nitrogens with zero attached hydrogens (tertiary/aromatic N) is 2. The lowest BCUT2D eigenvalue weighted by Gasteiger charge is -2.20. The summed E-state index contributed by atoms with van der Waals surface area (Å²) in [6.07, 6.45) is 0. The van der Waals surface area contributed by atoms with E-state index in [0.717, 1.165) is 5.56 Å². The first-order valence-electron chi connectivity index (χ1n) is 4.99. The van der Waals surface area contributed by atoms with Crippen molar-refractivity contribution < 1.29 is 4.79 Å². The molecule has 0 spiro atoms. The predicted molar refractivity (Wildman–Crippen MR) is 65.9 cm³/mol. The van der Waals surface area contributed by atoms with E-state index in [1.165, 1.54) is 4.90 Å². The van der Waals surface area contributed by atoms with Gasteiger partial charge in [-0.15, -0.1) is 0 Å². The first kappa shape index (κ1) is 12.7. The van der Waals surface area contributed by atoms with Crippen LogP contribution in [0.2, 0.25) is 0 Å². The minimum atomic E-state index is -0.260. The summed E-state index contributed by atoms with van der Waals surface area (Å²) in [7, 11) is 0. The second kappa shape index (κ2) is 6.29. The normalized spacial score (nSPS) is 11.6. The van der Waals surface area contributed by atoms with Crippen molar-refractivity contribution in [2.24, 2.45) is 0 Å². The largest absolute Gasteiger partial charge is 0.324 e. The van der Waals surface area contributed by atoms with Crippen LogP contribution in [0.4, 0.5) is 0 Å². The van der Waals surface area contributed by atoms with Crippen molar-refractivity contribution in [3.8, 4) is 6.07 Å². The molecule has 1 aromatic carbocycles. The summed E-state index contributed by atoms with van der Waals surface area (Å²) in [6, 6.07) is 11.7. The number of halogens is 1. The molecule has 0 aliphatic carbocycles. The lowest BCUT2D eigenvalue weighted by molar-refractivity contribution is -0.130. The highest BCUT2D eigenvalue weighted by Gasteiger charge is 2.17. The Morgan fingerprint density at radius 3 is 2.62 bits per heavy atom.